The van der Waals surface area contributed by atoms with Gasteiger partial charge in [-0.3, -0.25) is 9.59 Å². The molecule has 3 rings (SSSR count). The fraction of sp³-hybridized carbons (Fsp3) is 0.0588. The fourth-order valence-electron chi connectivity index (χ4n) is 2.12. The second-order valence-corrected chi connectivity index (χ2v) is 5.03. The molecule has 3 N–H and O–H groups in total. The SMILES string of the molecule is O=C(CNC(=O)C=Cc1ccco1)N=Nc1c(O)[nH]c2ccccc12. The summed E-state index contributed by atoms with van der Waals surface area (Å²) >= 11 is 0. The zero-order chi connectivity index (χ0) is 17.6. The zero-order valence-corrected chi connectivity index (χ0v) is 13.0. The molecular weight excluding hydrogens is 324 g/mol. The van der Waals surface area contributed by atoms with Crippen LogP contribution in [-0.4, -0.2) is 28.4 Å². The van der Waals surface area contributed by atoms with Crippen molar-refractivity contribution in [1.82, 2.24) is 10.3 Å². The summed E-state index contributed by atoms with van der Waals surface area (Å²) in [6.07, 6.45) is 4.21. The number of azo groups is 1. The van der Waals surface area contributed by atoms with Crippen molar-refractivity contribution >= 4 is 34.5 Å². The molecule has 2 aromatic heterocycles. The Labute approximate surface area is 141 Å². The van der Waals surface area contributed by atoms with Crippen molar-refractivity contribution in [3.63, 3.8) is 0 Å². The first-order valence-corrected chi connectivity index (χ1v) is 7.37. The summed E-state index contributed by atoms with van der Waals surface area (Å²) in [6.45, 7) is -0.312. The lowest BCUT2D eigenvalue weighted by atomic mass is 10.2. The molecule has 0 saturated heterocycles. The van der Waals surface area contributed by atoms with Crippen LogP contribution in [0.4, 0.5) is 5.69 Å². The Bertz CT molecular complexity index is 954. The highest BCUT2D eigenvalue weighted by Gasteiger charge is 2.10. The molecule has 0 saturated carbocycles. The molecule has 0 radical (unpaired) electrons. The Hall–Kier alpha value is -3.68. The highest BCUT2D eigenvalue weighted by Crippen LogP contribution is 2.35. The number of carbonyl (C=O) groups excluding carboxylic acids is 2. The summed E-state index contributed by atoms with van der Waals surface area (Å²) in [7, 11) is 0. The van der Waals surface area contributed by atoms with E-state index >= 15 is 0 Å². The maximum Gasteiger partial charge on any atom is 0.283 e. The molecule has 2 heterocycles. The van der Waals surface area contributed by atoms with Crippen LogP contribution in [0.1, 0.15) is 5.76 Å². The van der Waals surface area contributed by atoms with Gasteiger partial charge in [0.05, 0.1) is 11.8 Å². The first-order chi connectivity index (χ1) is 12.1. The number of rotatable bonds is 5. The summed E-state index contributed by atoms with van der Waals surface area (Å²) in [4.78, 5) is 26.0. The maximum atomic E-state index is 11.7. The van der Waals surface area contributed by atoms with E-state index < -0.39 is 11.8 Å². The third-order valence-electron chi connectivity index (χ3n) is 3.28. The van der Waals surface area contributed by atoms with Gasteiger partial charge in [0.25, 0.3) is 5.91 Å². The van der Waals surface area contributed by atoms with Gasteiger partial charge in [-0.05, 0) is 24.3 Å². The molecule has 0 unspecified atom stereocenters. The minimum absolute atomic E-state index is 0.174. The predicted octanol–water partition coefficient (Wildman–Crippen LogP) is 2.91. The zero-order valence-electron chi connectivity index (χ0n) is 13.0. The van der Waals surface area contributed by atoms with Gasteiger partial charge < -0.3 is 19.8 Å². The van der Waals surface area contributed by atoms with Gasteiger partial charge in [-0.15, -0.1) is 10.2 Å². The Morgan fingerprint density at radius 1 is 1.24 bits per heavy atom. The Morgan fingerprint density at radius 3 is 2.88 bits per heavy atom. The van der Waals surface area contributed by atoms with E-state index in [-0.39, 0.29) is 18.1 Å². The molecule has 126 valence electrons. The molecule has 0 fully saturated rings. The summed E-state index contributed by atoms with van der Waals surface area (Å²) in [6, 6.07) is 10.5. The molecule has 0 spiro atoms. The summed E-state index contributed by atoms with van der Waals surface area (Å²) in [5.74, 6) is -0.765. The van der Waals surface area contributed by atoms with Crippen LogP contribution in [0.5, 0.6) is 5.88 Å². The van der Waals surface area contributed by atoms with E-state index in [0.717, 1.165) is 0 Å². The van der Waals surface area contributed by atoms with Gasteiger partial charge in [0.1, 0.15) is 12.3 Å². The van der Waals surface area contributed by atoms with Gasteiger partial charge in [0, 0.05) is 11.5 Å². The average Bonchev–Trinajstić information content (AvgIpc) is 3.23. The van der Waals surface area contributed by atoms with Gasteiger partial charge in [-0.2, -0.15) is 0 Å². The molecule has 25 heavy (non-hydrogen) atoms. The van der Waals surface area contributed by atoms with Gasteiger partial charge in [-0.25, -0.2) is 0 Å². The van der Waals surface area contributed by atoms with E-state index in [1.807, 2.05) is 0 Å². The van der Waals surface area contributed by atoms with Crippen LogP contribution >= 0.6 is 0 Å². The number of hydrogen-bond donors (Lipinski definition) is 3. The van der Waals surface area contributed by atoms with Crippen LogP contribution in [0.25, 0.3) is 17.0 Å². The molecule has 2 amide bonds. The molecule has 0 aliphatic rings. The van der Waals surface area contributed by atoms with E-state index in [9.17, 15) is 14.7 Å². The van der Waals surface area contributed by atoms with Crippen LogP contribution < -0.4 is 5.32 Å². The molecule has 3 aromatic rings. The predicted molar refractivity (Wildman–Crippen MR) is 90.2 cm³/mol. The van der Waals surface area contributed by atoms with Crippen LogP contribution in [0, 0.1) is 0 Å². The van der Waals surface area contributed by atoms with Crippen LogP contribution in [0.15, 0.2) is 63.4 Å². The molecule has 8 heteroatoms. The van der Waals surface area contributed by atoms with Gasteiger partial charge in [-0.1, -0.05) is 18.2 Å². The molecule has 0 aliphatic heterocycles. The number of hydrogen-bond acceptors (Lipinski definition) is 5. The number of aromatic hydroxyl groups is 1. The normalized spacial score (nSPS) is 11.5. The maximum absolute atomic E-state index is 11.7. The monoisotopic (exact) mass is 338 g/mol. The third-order valence-corrected chi connectivity index (χ3v) is 3.28. The lowest BCUT2D eigenvalue weighted by Gasteiger charge is -1.96. The van der Waals surface area contributed by atoms with E-state index in [4.69, 9.17) is 4.42 Å². The fourth-order valence-corrected chi connectivity index (χ4v) is 2.12. The van der Waals surface area contributed by atoms with Crippen molar-refractivity contribution < 1.29 is 19.1 Å². The number of nitrogens with zero attached hydrogens (tertiary/aromatic N) is 2. The van der Waals surface area contributed by atoms with E-state index in [1.165, 1.54) is 18.4 Å². The summed E-state index contributed by atoms with van der Waals surface area (Å²) in [5.41, 5.74) is 0.853. The minimum Gasteiger partial charge on any atom is -0.493 e. The first kappa shape index (κ1) is 16.2. The van der Waals surface area contributed by atoms with Crippen LogP contribution in [-0.2, 0) is 9.59 Å². The van der Waals surface area contributed by atoms with Crippen molar-refractivity contribution in [1.29, 1.82) is 0 Å². The molecular formula is C17H14N4O4. The molecule has 8 nitrogen and oxygen atoms in total. The largest absolute Gasteiger partial charge is 0.493 e. The number of nitrogens with one attached hydrogen (secondary N) is 2. The third kappa shape index (κ3) is 3.99. The number of aromatic amines is 1. The number of amides is 2. The number of para-hydroxylation sites is 1. The number of carbonyl (C=O) groups is 2. The van der Waals surface area contributed by atoms with Gasteiger partial charge in [0.2, 0.25) is 11.8 Å². The number of fused-ring (bicyclic) bond motifs is 1. The van der Waals surface area contributed by atoms with Gasteiger partial charge >= 0.3 is 0 Å². The average molecular weight is 338 g/mol. The minimum atomic E-state index is -0.649. The highest BCUT2D eigenvalue weighted by molar-refractivity contribution is 5.95. The quantitative estimate of drug-likeness (QED) is 0.489. The van der Waals surface area contributed by atoms with Crippen molar-refractivity contribution in [2.75, 3.05) is 6.54 Å². The number of H-pyrrole nitrogens is 1. The number of furan rings is 1. The topological polar surface area (TPSA) is 120 Å². The smallest absolute Gasteiger partial charge is 0.283 e. The molecule has 0 atom stereocenters. The van der Waals surface area contributed by atoms with Crippen molar-refractivity contribution in [3.8, 4) is 5.88 Å². The Morgan fingerprint density at radius 2 is 2.08 bits per heavy atom. The van der Waals surface area contributed by atoms with Crippen LogP contribution in [0.2, 0.25) is 0 Å². The first-order valence-electron chi connectivity index (χ1n) is 7.37. The number of benzene rings is 1. The van der Waals surface area contributed by atoms with Crippen molar-refractivity contribution in [2.45, 2.75) is 0 Å². The second-order valence-electron chi connectivity index (χ2n) is 5.03. The molecule has 0 bridgehead atoms. The highest BCUT2D eigenvalue weighted by atomic mass is 16.3. The van der Waals surface area contributed by atoms with Crippen LogP contribution in [0.3, 0.4) is 0 Å². The standard InChI is InChI=1S/C17H14N4O4/c22-14(8-7-11-4-3-9-25-11)18-10-15(23)20-21-16-12-5-1-2-6-13(12)19-17(16)24/h1-9,19,24H,10H2,(H,18,22). The van der Waals surface area contributed by atoms with Crippen molar-refractivity contribution in [3.05, 3.63) is 54.5 Å². The van der Waals surface area contributed by atoms with Gasteiger partial charge in [0.15, 0.2) is 5.69 Å². The van der Waals surface area contributed by atoms with E-state index in [0.29, 0.717) is 16.7 Å². The number of aromatic nitrogens is 1. The van der Waals surface area contributed by atoms with E-state index in [2.05, 4.69) is 20.5 Å². The lowest BCUT2D eigenvalue weighted by Crippen LogP contribution is -2.26. The second kappa shape index (κ2) is 7.26. The summed E-state index contributed by atoms with van der Waals surface area (Å²) < 4.78 is 5.04. The van der Waals surface area contributed by atoms with E-state index in [1.54, 1.807) is 36.4 Å². The molecule has 0 aliphatic carbocycles. The lowest BCUT2D eigenvalue weighted by molar-refractivity contribution is -0.122. The Balaban J connectivity index is 1.57. The van der Waals surface area contributed by atoms with Crippen molar-refractivity contribution in [2.24, 2.45) is 10.2 Å². The Kier molecular flexibility index (Phi) is 4.70. The summed E-state index contributed by atoms with van der Waals surface area (Å²) in [5, 5.41) is 20.1. The molecule has 1 aromatic carbocycles.